The van der Waals surface area contributed by atoms with E-state index in [0.717, 1.165) is 61.9 Å². The molecule has 3 aliphatic rings. The minimum Gasteiger partial charge on any atom is -0.310 e. The zero-order chi connectivity index (χ0) is 68.2. The summed E-state index contributed by atoms with van der Waals surface area (Å²) in [5.41, 5.74) is 34.8. The van der Waals surface area contributed by atoms with Crippen molar-refractivity contribution in [2.24, 2.45) is 0 Å². The molecule has 482 valence electrons. The van der Waals surface area contributed by atoms with Gasteiger partial charge in [0, 0.05) is 45.0 Å². The van der Waals surface area contributed by atoms with E-state index in [0.29, 0.717) is 0 Å². The fourth-order valence-corrected chi connectivity index (χ4v) is 16.6. The maximum atomic E-state index is 2.74. The Labute approximate surface area is 591 Å². The second kappa shape index (κ2) is 24.0. The molecule has 100 heavy (non-hydrogen) atoms. The van der Waals surface area contributed by atoms with Crippen LogP contribution in [0.5, 0.6) is 0 Å². The lowest BCUT2D eigenvalue weighted by Gasteiger charge is -2.46. The third kappa shape index (κ3) is 10.2. The van der Waals surface area contributed by atoms with Crippen molar-refractivity contribution < 1.29 is 0 Å². The lowest BCUT2D eigenvalue weighted by atomic mass is 9.33. The molecule has 2 nitrogen and oxygen atoms in total. The van der Waals surface area contributed by atoms with Gasteiger partial charge in [-0.15, -0.1) is 0 Å². The predicted octanol–water partition coefficient (Wildman–Crippen LogP) is 24.0. The van der Waals surface area contributed by atoms with Crippen molar-refractivity contribution in [1.29, 1.82) is 0 Å². The van der Waals surface area contributed by atoms with Gasteiger partial charge in [0.2, 0.25) is 0 Å². The lowest BCUT2D eigenvalue weighted by molar-refractivity contribution is 0.590. The van der Waals surface area contributed by atoms with E-state index in [-0.39, 0.29) is 23.0 Å². The van der Waals surface area contributed by atoms with Crippen molar-refractivity contribution in [3.05, 3.63) is 367 Å². The van der Waals surface area contributed by atoms with Gasteiger partial charge < -0.3 is 9.80 Å². The smallest absolute Gasteiger partial charge is 0.252 e. The topological polar surface area (TPSA) is 6.48 Å². The summed E-state index contributed by atoms with van der Waals surface area (Å²) in [6.45, 7) is 20.9. The van der Waals surface area contributed by atoms with E-state index in [9.17, 15) is 0 Å². The van der Waals surface area contributed by atoms with Gasteiger partial charge in [0.05, 0.1) is 16.8 Å². The van der Waals surface area contributed by atoms with E-state index >= 15 is 0 Å². The molecule has 0 bridgehead atoms. The largest absolute Gasteiger partial charge is 0.310 e. The number of fused-ring (bicyclic) bond motifs is 7. The molecule has 0 N–H and O–H groups in total. The molecule has 0 saturated carbocycles. The number of rotatable bonds is 10. The maximum absolute atomic E-state index is 2.74. The van der Waals surface area contributed by atoms with Crippen molar-refractivity contribution in [3.8, 4) is 77.9 Å². The van der Waals surface area contributed by atoms with Crippen LogP contribution in [-0.4, -0.2) is 6.71 Å². The van der Waals surface area contributed by atoms with Crippen LogP contribution in [0.3, 0.4) is 0 Å². The van der Waals surface area contributed by atoms with Crippen LogP contribution in [0.4, 0.5) is 34.1 Å². The van der Waals surface area contributed by atoms with Gasteiger partial charge in [-0.05, 0) is 176 Å². The van der Waals surface area contributed by atoms with Crippen LogP contribution in [0.2, 0.25) is 0 Å². The van der Waals surface area contributed by atoms with E-state index in [1.165, 1.54) is 105 Å². The molecule has 0 aromatic heterocycles. The Morgan fingerprint density at radius 1 is 0.250 bits per heavy atom. The Morgan fingerprint density at radius 2 is 0.620 bits per heavy atom. The third-order valence-corrected chi connectivity index (χ3v) is 21.6. The standard InChI is InChI=1S/C97H81BN2/c1-94(2,3)73-47-32-42-68(56-73)69-54-55-85-87(57-69)100(93-81(66-38-20-12-21-39-66)62-75(96(7,8)9)63-82(93)67-40-22-13-23-41-67)89-59-70(76-49-33-50-78-77-48-28-29-51-83(77)97(90(76)78,71-43-24-14-25-44-71)72-45-26-15-27-46-72)58-88-91(89)98(85)84-52-30-31-53-86(84)99(88)92-79(64-34-16-10-17-35-64)60-74(95(4,5)6)61-80(92)65-36-18-11-19-37-65/h10-63H,1-9H3. The molecule has 1 aliphatic carbocycles. The van der Waals surface area contributed by atoms with E-state index in [2.05, 4.69) is 400 Å². The normalized spacial score (nSPS) is 13.5. The van der Waals surface area contributed by atoms with Gasteiger partial charge in [0.15, 0.2) is 0 Å². The SMILES string of the molecule is CC(C)(C)c1cccc(-c2ccc3c(c2)N(c2c(-c4ccccc4)cc(C(C)(C)C)cc2-c2ccccc2)c2cc(-c4cccc5c4C(c4ccccc4)(c4ccccc4)c4ccccc4-5)cc4c2B3c2ccccc2N4c2c(-c3ccccc3)cc(C(C)(C)C)cc2-c2ccccc2)c1. The van der Waals surface area contributed by atoms with Gasteiger partial charge >= 0.3 is 0 Å². The number of benzene rings is 14. The molecule has 0 radical (unpaired) electrons. The van der Waals surface area contributed by atoms with E-state index < -0.39 is 5.41 Å². The highest BCUT2D eigenvalue weighted by Gasteiger charge is 2.50. The van der Waals surface area contributed by atoms with Crippen LogP contribution < -0.4 is 26.2 Å². The summed E-state index contributed by atoms with van der Waals surface area (Å²) in [4.78, 5) is 5.45. The first kappa shape index (κ1) is 62.3. The summed E-state index contributed by atoms with van der Waals surface area (Å²) in [5, 5.41) is 0. The number of anilines is 6. The van der Waals surface area contributed by atoms with Crippen LogP contribution in [0.15, 0.2) is 328 Å². The second-order valence-corrected chi connectivity index (χ2v) is 30.8. The van der Waals surface area contributed by atoms with Crippen LogP contribution >= 0.6 is 0 Å². The highest BCUT2D eigenvalue weighted by molar-refractivity contribution is 7.00. The minimum absolute atomic E-state index is 0.0605. The van der Waals surface area contributed by atoms with E-state index in [4.69, 9.17) is 0 Å². The first-order chi connectivity index (χ1) is 48.5. The summed E-state index contributed by atoms with van der Waals surface area (Å²) in [6, 6.07) is 125. The Balaban J connectivity index is 1.09. The van der Waals surface area contributed by atoms with E-state index in [1.807, 2.05) is 0 Å². The van der Waals surface area contributed by atoms with Crippen molar-refractivity contribution in [3.63, 3.8) is 0 Å². The van der Waals surface area contributed by atoms with Gasteiger partial charge in [-0.2, -0.15) is 0 Å². The van der Waals surface area contributed by atoms with Crippen LogP contribution in [0.1, 0.15) is 101 Å². The summed E-state index contributed by atoms with van der Waals surface area (Å²) < 4.78 is 0. The average molecular weight is 1290 g/mol. The Bertz CT molecular complexity index is 5300. The summed E-state index contributed by atoms with van der Waals surface area (Å²) >= 11 is 0. The Morgan fingerprint density at radius 3 is 1.11 bits per heavy atom. The Kier molecular flexibility index (Phi) is 15.0. The molecule has 0 atom stereocenters. The van der Waals surface area contributed by atoms with Gasteiger partial charge in [0.25, 0.3) is 6.71 Å². The van der Waals surface area contributed by atoms with Crippen molar-refractivity contribution in [1.82, 2.24) is 0 Å². The first-order valence-corrected chi connectivity index (χ1v) is 35.6. The molecule has 14 aromatic carbocycles. The fourth-order valence-electron chi connectivity index (χ4n) is 16.6. The molecule has 0 fully saturated rings. The number of nitrogens with zero attached hydrogens (tertiary/aromatic N) is 2. The fraction of sp³-hybridized carbons (Fsp3) is 0.134. The minimum atomic E-state index is -0.705. The number of hydrogen-bond acceptors (Lipinski definition) is 2. The monoisotopic (exact) mass is 1280 g/mol. The molecule has 0 spiro atoms. The number of para-hydroxylation sites is 1. The summed E-state index contributed by atoms with van der Waals surface area (Å²) in [7, 11) is 0. The lowest BCUT2D eigenvalue weighted by Crippen LogP contribution is -2.61. The molecule has 0 saturated heterocycles. The molecule has 14 aromatic rings. The average Bonchev–Trinajstić information content (AvgIpc) is 1.19. The van der Waals surface area contributed by atoms with Crippen LogP contribution in [0, 0.1) is 0 Å². The van der Waals surface area contributed by atoms with Crippen LogP contribution in [-0.2, 0) is 21.7 Å². The van der Waals surface area contributed by atoms with E-state index in [1.54, 1.807) is 0 Å². The highest BCUT2D eigenvalue weighted by atomic mass is 15.2. The quantitative estimate of drug-likeness (QED) is 0.126. The summed E-state index contributed by atoms with van der Waals surface area (Å²) in [6.07, 6.45) is 0. The third-order valence-electron chi connectivity index (χ3n) is 21.6. The van der Waals surface area contributed by atoms with Gasteiger partial charge in [-0.25, -0.2) is 0 Å². The number of hydrogen-bond donors (Lipinski definition) is 0. The zero-order valence-electron chi connectivity index (χ0n) is 58.6. The predicted molar refractivity (Wildman–Crippen MR) is 426 cm³/mol. The summed E-state index contributed by atoms with van der Waals surface area (Å²) in [5.74, 6) is 0. The molecule has 3 heteroatoms. The van der Waals surface area contributed by atoms with Gasteiger partial charge in [-0.1, -0.05) is 341 Å². The van der Waals surface area contributed by atoms with Crippen molar-refractivity contribution in [2.45, 2.75) is 84.0 Å². The molecule has 0 unspecified atom stereocenters. The molecule has 2 aliphatic heterocycles. The van der Waals surface area contributed by atoms with Gasteiger partial charge in [0.1, 0.15) is 0 Å². The molecular formula is C97H81BN2. The maximum Gasteiger partial charge on any atom is 0.252 e. The van der Waals surface area contributed by atoms with Gasteiger partial charge in [-0.3, -0.25) is 0 Å². The highest BCUT2D eigenvalue weighted by Crippen LogP contribution is 2.61. The van der Waals surface area contributed by atoms with Crippen LogP contribution in [0.25, 0.3) is 77.9 Å². The molecule has 2 heterocycles. The van der Waals surface area contributed by atoms with Crippen molar-refractivity contribution in [2.75, 3.05) is 9.80 Å². The molecule has 17 rings (SSSR count). The molecule has 0 amide bonds. The zero-order valence-corrected chi connectivity index (χ0v) is 58.6. The second-order valence-electron chi connectivity index (χ2n) is 30.8. The first-order valence-electron chi connectivity index (χ1n) is 35.6. The molecular weight excluding hydrogens is 1200 g/mol. The van der Waals surface area contributed by atoms with Crippen molar-refractivity contribution >= 4 is 57.2 Å². The Hall–Kier alpha value is -11.3.